The number of aliphatic hydroxyl groups excluding tert-OH is 1. The SMILES string of the molecule is CC(C)CN(C(C)C)C1CCCC(C)(C)C1O. The highest BCUT2D eigenvalue weighted by Gasteiger charge is 2.40. The highest BCUT2D eigenvalue weighted by molar-refractivity contribution is 4.94. The molecule has 1 N–H and O–H groups in total. The maximum absolute atomic E-state index is 10.6. The van der Waals surface area contributed by atoms with Gasteiger partial charge in [0.1, 0.15) is 0 Å². The molecule has 2 unspecified atom stereocenters. The van der Waals surface area contributed by atoms with Crippen molar-refractivity contribution in [1.29, 1.82) is 0 Å². The Morgan fingerprint density at radius 1 is 1.24 bits per heavy atom. The van der Waals surface area contributed by atoms with Crippen LogP contribution in [0.15, 0.2) is 0 Å². The van der Waals surface area contributed by atoms with Crippen LogP contribution >= 0.6 is 0 Å². The van der Waals surface area contributed by atoms with Gasteiger partial charge in [-0.2, -0.15) is 0 Å². The fourth-order valence-corrected chi connectivity index (χ4v) is 3.09. The van der Waals surface area contributed by atoms with Gasteiger partial charge in [0, 0.05) is 18.6 Å². The fourth-order valence-electron chi connectivity index (χ4n) is 3.09. The second kappa shape index (κ2) is 5.71. The predicted octanol–water partition coefficient (Wildman–Crippen LogP) is 3.29. The van der Waals surface area contributed by atoms with Gasteiger partial charge in [0.25, 0.3) is 0 Å². The quantitative estimate of drug-likeness (QED) is 0.816. The molecular formula is C15H31NO. The van der Waals surface area contributed by atoms with Crippen LogP contribution in [0.1, 0.15) is 60.8 Å². The van der Waals surface area contributed by atoms with Crippen LogP contribution in [0.4, 0.5) is 0 Å². The van der Waals surface area contributed by atoms with Crippen molar-refractivity contribution in [3.63, 3.8) is 0 Å². The molecule has 2 atom stereocenters. The summed E-state index contributed by atoms with van der Waals surface area (Å²) in [5, 5.41) is 10.6. The third-order valence-corrected chi connectivity index (χ3v) is 4.15. The largest absolute Gasteiger partial charge is 0.391 e. The summed E-state index contributed by atoms with van der Waals surface area (Å²) in [4.78, 5) is 2.51. The molecule has 1 rings (SSSR count). The zero-order chi connectivity index (χ0) is 13.2. The lowest BCUT2D eigenvalue weighted by atomic mass is 9.72. The van der Waals surface area contributed by atoms with Crippen molar-refractivity contribution >= 4 is 0 Å². The summed E-state index contributed by atoms with van der Waals surface area (Å²) in [6.45, 7) is 14.5. The average Bonchev–Trinajstić information content (AvgIpc) is 2.18. The monoisotopic (exact) mass is 241 g/mol. The second-order valence-electron chi connectivity index (χ2n) is 7.08. The molecule has 0 aromatic carbocycles. The predicted molar refractivity (Wildman–Crippen MR) is 74.1 cm³/mol. The first kappa shape index (κ1) is 15.0. The lowest BCUT2D eigenvalue weighted by Gasteiger charge is -2.47. The van der Waals surface area contributed by atoms with Crippen molar-refractivity contribution < 1.29 is 5.11 Å². The van der Waals surface area contributed by atoms with Crippen LogP contribution in [0.2, 0.25) is 0 Å². The molecule has 0 bridgehead atoms. The Hall–Kier alpha value is -0.0800. The number of nitrogens with zero attached hydrogens (tertiary/aromatic N) is 1. The maximum Gasteiger partial charge on any atom is 0.0746 e. The molecular weight excluding hydrogens is 210 g/mol. The van der Waals surface area contributed by atoms with E-state index in [1.807, 2.05) is 0 Å². The Bertz CT molecular complexity index is 235. The van der Waals surface area contributed by atoms with E-state index in [1.54, 1.807) is 0 Å². The third kappa shape index (κ3) is 3.69. The maximum atomic E-state index is 10.6. The summed E-state index contributed by atoms with van der Waals surface area (Å²) in [5.41, 5.74) is 0.0764. The first-order valence-electron chi connectivity index (χ1n) is 7.19. The normalized spacial score (nSPS) is 29.3. The Balaban J connectivity index is 2.79. The summed E-state index contributed by atoms with van der Waals surface area (Å²) in [6, 6.07) is 0.868. The molecule has 0 amide bonds. The molecule has 1 fully saturated rings. The van der Waals surface area contributed by atoms with Crippen LogP contribution in [-0.2, 0) is 0 Å². The van der Waals surface area contributed by atoms with E-state index in [4.69, 9.17) is 0 Å². The van der Waals surface area contributed by atoms with E-state index in [1.165, 1.54) is 6.42 Å². The third-order valence-electron chi connectivity index (χ3n) is 4.15. The van der Waals surface area contributed by atoms with E-state index < -0.39 is 0 Å². The molecule has 1 aliphatic carbocycles. The summed E-state index contributed by atoms with van der Waals surface area (Å²) < 4.78 is 0. The van der Waals surface area contributed by atoms with Crippen molar-refractivity contribution in [2.24, 2.45) is 11.3 Å². The molecule has 1 saturated carbocycles. The van der Waals surface area contributed by atoms with Crippen molar-refractivity contribution in [3.05, 3.63) is 0 Å². The van der Waals surface area contributed by atoms with Gasteiger partial charge < -0.3 is 5.11 Å². The number of hydrogen-bond acceptors (Lipinski definition) is 2. The van der Waals surface area contributed by atoms with Crippen LogP contribution in [0, 0.1) is 11.3 Å². The molecule has 0 aromatic heterocycles. The molecule has 2 heteroatoms. The van der Waals surface area contributed by atoms with Gasteiger partial charge in [-0.05, 0) is 38.0 Å². The Kier molecular flexibility index (Phi) is 5.03. The number of hydrogen-bond donors (Lipinski definition) is 1. The molecule has 0 aliphatic heterocycles. The highest BCUT2D eigenvalue weighted by atomic mass is 16.3. The van der Waals surface area contributed by atoms with Crippen molar-refractivity contribution in [2.75, 3.05) is 6.54 Å². The van der Waals surface area contributed by atoms with Gasteiger partial charge in [0.2, 0.25) is 0 Å². The minimum absolute atomic E-state index is 0.0764. The van der Waals surface area contributed by atoms with Crippen LogP contribution < -0.4 is 0 Å². The fraction of sp³-hybridized carbons (Fsp3) is 1.00. The summed E-state index contributed by atoms with van der Waals surface area (Å²) in [6.07, 6.45) is 3.36. The minimum Gasteiger partial charge on any atom is -0.391 e. The summed E-state index contributed by atoms with van der Waals surface area (Å²) >= 11 is 0. The van der Waals surface area contributed by atoms with Gasteiger partial charge in [-0.25, -0.2) is 0 Å². The molecule has 0 radical (unpaired) electrons. The van der Waals surface area contributed by atoms with E-state index in [0.717, 1.165) is 19.4 Å². The summed E-state index contributed by atoms with van der Waals surface area (Å²) in [7, 11) is 0. The molecule has 2 nitrogen and oxygen atoms in total. The van der Waals surface area contributed by atoms with Crippen LogP contribution in [0.25, 0.3) is 0 Å². The average molecular weight is 241 g/mol. The Morgan fingerprint density at radius 2 is 1.82 bits per heavy atom. The minimum atomic E-state index is -0.183. The molecule has 0 saturated heterocycles. The zero-order valence-electron chi connectivity index (χ0n) is 12.5. The van der Waals surface area contributed by atoms with Gasteiger partial charge in [0.15, 0.2) is 0 Å². The van der Waals surface area contributed by atoms with E-state index >= 15 is 0 Å². The second-order valence-corrected chi connectivity index (χ2v) is 7.08. The Labute approximate surface area is 107 Å². The van der Waals surface area contributed by atoms with E-state index in [0.29, 0.717) is 18.0 Å². The van der Waals surface area contributed by atoms with Gasteiger partial charge in [0.05, 0.1) is 6.10 Å². The first-order chi connectivity index (χ1) is 7.75. The zero-order valence-corrected chi connectivity index (χ0v) is 12.5. The first-order valence-corrected chi connectivity index (χ1v) is 7.19. The van der Waals surface area contributed by atoms with Gasteiger partial charge in [-0.15, -0.1) is 0 Å². The molecule has 1 aliphatic rings. The van der Waals surface area contributed by atoms with Crippen molar-refractivity contribution in [3.8, 4) is 0 Å². The van der Waals surface area contributed by atoms with Gasteiger partial charge in [-0.1, -0.05) is 34.1 Å². The van der Waals surface area contributed by atoms with Gasteiger partial charge in [-0.3, -0.25) is 4.90 Å². The highest BCUT2D eigenvalue weighted by Crippen LogP contribution is 2.38. The molecule has 0 aromatic rings. The lowest BCUT2D eigenvalue weighted by molar-refractivity contribution is -0.0685. The smallest absolute Gasteiger partial charge is 0.0746 e. The van der Waals surface area contributed by atoms with Crippen LogP contribution in [-0.4, -0.2) is 34.7 Å². The van der Waals surface area contributed by atoms with E-state index in [2.05, 4.69) is 46.4 Å². The van der Waals surface area contributed by atoms with E-state index in [9.17, 15) is 5.11 Å². The number of rotatable bonds is 4. The molecule has 0 heterocycles. The van der Waals surface area contributed by atoms with Crippen LogP contribution in [0.5, 0.6) is 0 Å². The molecule has 102 valence electrons. The van der Waals surface area contributed by atoms with Gasteiger partial charge >= 0.3 is 0 Å². The van der Waals surface area contributed by atoms with Crippen molar-refractivity contribution in [2.45, 2.75) is 79.0 Å². The molecule has 17 heavy (non-hydrogen) atoms. The molecule has 0 spiro atoms. The van der Waals surface area contributed by atoms with Crippen molar-refractivity contribution in [1.82, 2.24) is 4.90 Å². The van der Waals surface area contributed by atoms with E-state index in [-0.39, 0.29) is 11.5 Å². The Morgan fingerprint density at radius 3 is 2.29 bits per heavy atom. The summed E-state index contributed by atoms with van der Waals surface area (Å²) in [5.74, 6) is 0.662. The lowest BCUT2D eigenvalue weighted by Crippen LogP contribution is -2.55. The van der Waals surface area contributed by atoms with Crippen LogP contribution in [0.3, 0.4) is 0 Å². The topological polar surface area (TPSA) is 23.5 Å². The number of aliphatic hydroxyl groups is 1. The standard InChI is InChI=1S/C15H31NO/c1-11(2)10-16(12(3)4)13-8-7-9-15(5,6)14(13)17/h11-14,17H,7-10H2,1-6H3.